The first-order valence-electron chi connectivity index (χ1n) is 9.32. The van der Waals surface area contributed by atoms with Crippen molar-refractivity contribution in [3.8, 4) is 5.75 Å². The zero-order valence-electron chi connectivity index (χ0n) is 15.6. The maximum atomic E-state index is 12.6. The second kappa shape index (κ2) is 8.41. The number of para-hydroxylation sites is 2. The molecule has 0 saturated heterocycles. The van der Waals surface area contributed by atoms with Crippen LogP contribution in [0.25, 0.3) is 10.9 Å². The van der Waals surface area contributed by atoms with Crippen molar-refractivity contribution >= 4 is 45.9 Å². The van der Waals surface area contributed by atoms with E-state index >= 15 is 0 Å². The molecule has 3 aromatic rings. The van der Waals surface area contributed by atoms with Crippen LogP contribution in [-0.2, 0) is 17.6 Å². The van der Waals surface area contributed by atoms with Gasteiger partial charge >= 0.3 is 0 Å². The van der Waals surface area contributed by atoms with E-state index in [1.165, 1.54) is 5.56 Å². The highest BCUT2D eigenvalue weighted by molar-refractivity contribution is 8.00. The zero-order chi connectivity index (χ0) is 19.5. The number of pyridine rings is 1. The Morgan fingerprint density at radius 3 is 2.89 bits per heavy atom. The third-order valence-electron chi connectivity index (χ3n) is 4.90. The lowest BCUT2D eigenvalue weighted by Gasteiger charge is -2.20. The quantitative estimate of drug-likeness (QED) is 0.561. The van der Waals surface area contributed by atoms with E-state index in [1.54, 1.807) is 18.9 Å². The summed E-state index contributed by atoms with van der Waals surface area (Å²) in [7, 11) is 1.60. The van der Waals surface area contributed by atoms with Gasteiger partial charge in [0, 0.05) is 21.0 Å². The number of hydrogen-bond acceptors (Lipinski definition) is 4. The van der Waals surface area contributed by atoms with Gasteiger partial charge in [0.25, 0.3) is 0 Å². The Morgan fingerprint density at radius 1 is 1.21 bits per heavy atom. The Morgan fingerprint density at radius 2 is 2.04 bits per heavy atom. The van der Waals surface area contributed by atoms with Crippen LogP contribution >= 0.6 is 23.4 Å². The molecular weight excluding hydrogens is 392 g/mol. The lowest BCUT2D eigenvalue weighted by molar-refractivity contribution is -0.113. The fourth-order valence-electron chi connectivity index (χ4n) is 3.59. The number of benzene rings is 2. The smallest absolute Gasteiger partial charge is 0.234 e. The van der Waals surface area contributed by atoms with E-state index in [2.05, 4.69) is 5.32 Å². The molecule has 1 N–H and O–H groups in total. The van der Waals surface area contributed by atoms with E-state index in [1.807, 2.05) is 42.5 Å². The molecule has 2 aromatic carbocycles. The number of aromatic nitrogens is 1. The SMILES string of the molecule is COc1ccccc1NC(=O)CSc1c2c(nc3cc(Cl)ccc13)CCCC2. The molecule has 0 saturated carbocycles. The number of halogens is 1. The predicted octanol–water partition coefficient (Wildman–Crippen LogP) is 5.51. The molecule has 0 radical (unpaired) electrons. The molecule has 0 aliphatic heterocycles. The van der Waals surface area contributed by atoms with Crippen molar-refractivity contribution < 1.29 is 9.53 Å². The Labute approximate surface area is 173 Å². The highest BCUT2D eigenvalue weighted by Crippen LogP contribution is 2.37. The van der Waals surface area contributed by atoms with Crippen LogP contribution < -0.4 is 10.1 Å². The van der Waals surface area contributed by atoms with Crippen molar-refractivity contribution in [2.45, 2.75) is 30.6 Å². The molecular formula is C22H21ClN2O2S. The third-order valence-corrected chi connectivity index (χ3v) is 6.30. The summed E-state index contributed by atoms with van der Waals surface area (Å²) in [4.78, 5) is 18.6. The van der Waals surface area contributed by atoms with Crippen LogP contribution in [-0.4, -0.2) is 23.8 Å². The number of amides is 1. The second-order valence-corrected chi connectivity index (χ2v) is 8.19. The van der Waals surface area contributed by atoms with Crippen LogP contribution in [0.1, 0.15) is 24.1 Å². The van der Waals surface area contributed by atoms with Crippen molar-refractivity contribution in [3.05, 3.63) is 58.7 Å². The lowest BCUT2D eigenvalue weighted by Crippen LogP contribution is -2.15. The first-order chi connectivity index (χ1) is 13.7. The fraction of sp³-hybridized carbons (Fsp3) is 0.273. The van der Waals surface area contributed by atoms with Crippen molar-refractivity contribution in [2.75, 3.05) is 18.2 Å². The molecule has 4 rings (SSSR count). The molecule has 0 fully saturated rings. The van der Waals surface area contributed by atoms with Crippen LogP contribution in [0.15, 0.2) is 47.4 Å². The topological polar surface area (TPSA) is 51.2 Å². The number of carbonyl (C=O) groups is 1. The van der Waals surface area contributed by atoms with Gasteiger partial charge in [-0.15, -0.1) is 11.8 Å². The summed E-state index contributed by atoms with van der Waals surface area (Å²) >= 11 is 7.75. The minimum Gasteiger partial charge on any atom is -0.495 e. The van der Waals surface area contributed by atoms with Gasteiger partial charge in [0.05, 0.1) is 24.1 Å². The number of aryl methyl sites for hydroxylation is 1. The van der Waals surface area contributed by atoms with E-state index < -0.39 is 0 Å². The largest absolute Gasteiger partial charge is 0.495 e. The average Bonchev–Trinajstić information content (AvgIpc) is 2.71. The van der Waals surface area contributed by atoms with E-state index in [0.717, 1.165) is 47.2 Å². The molecule has 4 nitrogen and oxygen atoms in total. The van der Waals surface area contributed by atoms with Crippen LogP contribution in [0.3, 0.4) is 0 Å². The number of ether oxygens (including phenoxy) is 1. The molecule has 1 aliphatic carbocycles. The van der Waals surface area contributed by atoms with Crippen LogP contribution in [0.5, 0.6) is 5.75 Å². The summed E-state index contributed by atoms with van der Waals surface area (Å²) in [5.74, 6) is 0.923. The number of carbonyl (C=O) groups excluding carboxylic acids is 1. The van der Waals surface area contributed by atoms with Gasteiger partial charge in [-0.2, -0.15) is 0 Å². The minimum absolute atomic E-state index is 0.0574. The number of anilines is 1. The fourth-order valence-corrected chi connectivity index (χ4v) is 4.83. The van der Waals surface area contributed by atoms with E-state index in [4.69, 9.17) is 21.3 Å². The number of methoxy groups -OCH3 is 1. The third kappa shape index (κ3) is 3.96. The number of hydrogen-bond donors (Lipinski definition) is 1. The first kappa shape index (κ1) is 19.1. The Bertz CT molecular complexity index is 1040. The molecule has 1 aromatic heterocycles. The number of nitrogens with one attached hydrogen (secondary N) is 1. The molecule has 1 heterocycles. The molecule has 1 amide bonds. The minimum atomic E-state index is -0.0574. The van der Waals surface area contributed by atoms with Gasteiger partial charge in [0.2, 0.25) is 5.91 Å². The van der Waals surface area contributed by atoms with Crippen molar-refractivity contribution in [1.82, 2.24) is 4.98 Å². The van der Waals surface area contributed by atoms with Crippen LogP contribution in [0, 0.1) is 0 Å². The maximum absolute atomic E-state index is 12.6. The summed E-state index contributed by atoms with van der Waals surface area (Å²) in [5, 5.41) is 4.70. The van der Waals surface area contributed by atoms with Gasteiger partial charge in [-0.05, 0) is 55.5 Å². The van der Waals surface area contributed by atoms with Gasteiger partial charge < -0.3 is 10.1 Å². The van der Waals surface area contributed by atoms with Gasteiger partial charge in [0.1, 0.15) is 5.75 Å². The van der Waals surface area contributed by atoms with E-state index in [-0.39, 0.29) is 5.91 Å². The summed E-state index contributed by atoms with van der Waals surface area (Å²) in [5.41, 5.74) is 4.02. The number of fused-ring (bicyclic) bond motifs is 2. The number of nitrogens with zero attached hydrogens (tertiary/aromatic N) is 1. The van der Waals surface area contributed by atoms with Crippen molar-refractivity contribution in [2.24, 2.45) is 0 Å². The highest BCUT2D eigenvalue weighted by Gasteiger charge is 2.19. The number of rotatable bonds is 5. The molecule has 6 heteroatoms. The summed E-state index contributed by atoms with van der Waals surface area (Å²) < 4.78 is 5.31. The standard InChI is InChI=1S/C22H21ClN2O2S/c1-27-20-9-5-4-8-18(20)25-21(26)13-28-22-15-6-2-3-7-17(15)24-19-12-14(23)10-11-16(19)22/h4-5,8-12H,2-3,6-7,13H2,1H3,(H,25,26). The Hall–Kier alpha value is -2.24. The monoisotopic (exact) mass is 412 g/mol. The van der Waals surface area contributed by atoms with Gasteiger partial charge in [-0.1, -0.05) is 29.8 Å². The summed E-state index contributed by atoms with van der Waals surface area (Å²) in [6, 6.07) is 13.2. The lowest BCUT2D eigenvalue weighted by atomic mass is 9.94. The molecule has 0 atom stereocenters. The highest BCUT2D eigenvalue weighted by atomic mass is 35.5. The van der Waals surface area contributed by atoms with E-state index in [9.17, 15) is 4.79 Å². The van der Waals surface area contributed by atoms with Crippen molar-refractivity contribution in [3.63, 3.8) is 0 Å². The molecule has 0 bridgehead atoms. The summed E-state index contributed by atoms with van der Waals surface area (Å²) in [6.45, 7) is 0. The van der Waals surface area contributed by atoms with Crippen LogP contribution in [0.4, 0.5) is 5.69 Å². The van der Waals surface area contributed by atoms with Crippen LogP contribution in [0.2, 0.25) is 5.02 Å². The van der Waals surface area contributed by atoms with Gasteiger partial charge in [-0.25, -0.2) is 0 Å². The molecule has 0 spiro atoms. The molecule has 144 valence electrons. The zero-order valence-corrected chi connectivity index (χ0v) is 17.2. The summed E-state index contributed by atoms with van der Waals surface area (Å²) in [6.07, 6.45) is 4.31. The van der Waals surface area contributed by atoms with Crippen molar-refractivity contribution in [1.29, 1.82) is 0 Å². The maximum Gasteiger partial charge on any atom is 0.234 e. The Kier molecular flexibility index (Phi) is 5.74. The first-order valence-corrected chi connectivity index (χ1v) is 10.7. The van der Waals surface area contributed by atoms with Gasteiger partial charge in [-0.3, -0.25) is 9.78 Å². The average molecular weight is 413 g/mol. The predicted molar refractivity (Wildman–Crippen MR) is 116 cm³/mol. The second-order valence-electron chi connectivity index (χ2n) is 6.77. The molecule has 0 unspecified atom stereocenters. The molecule has 1 aliphatic rings. The van der Waals surface area contributed by atoms with Gasteiger partial charge in [0.15, 0.2) is 0 Å². The normalized spacial score (nSPS) is 13.2. The van der Waals surface area contributed by atoms with E-state index in [0.29, 0.717) is 22.2 Å². The number of thioether (sulfide) groups is 1. The Balaban J connectivity index is 1.59. The molecule has 28 heavy (non-hydrogen) atoms.